The second-order valence-corrected chi connectivity index (χ2v) is 9.41. The summed E-state index contributed by atoms with van der Waals surface area (Å²) in [6.45, 7) is 8.72. The Balaban J connectivity index is 2.39. The number of halogens is 1. The number of rotatable bonds is 10. The molecule has 1 atom stereocenters. The monoisotopic (exact) mass is 468 g/mol. The van der Waals surface area contributed by atoms with E-state index < -0.39 is 15.9 Å². The molecule has 0 saturated carbocycles. The first-order chi connectivity index (χ1) is 14.6. The number of benzene rings is 2. The fraction of sp³-hybridized carbons (Fsp3) is 0.409. The van der Waals surface area contributed by atoms with Gasteiger partial charge in [0.15, 0.2) is 11.5 Å². The van der Waals surface area contributed by atoms with Crippen molar-refractivity contribution < 1.29 is 22.7 Å². The highest BCUT2D eigenvalue weighted by molar-refractivity contribution is 7.89. The molecular weight excluding hydrogens is 440 g/mol. The van der Waals surface area contributed by atoms with Crippen LogP contribution in [0.3, 0.4) is 0 Å². The summed E-state index contributed by atoms with van der Waals surface area (Å²) in [5, 5.41) is 3.14. The number of sulfonamides is 1. The third kappa shape index (κ3) is 6.12. The van der Waals surface area contributed by atoms with E-state index in [9.17, 15) is 13.2 Å². The summed E-state index contributed by atoms with van der Waals surface area (Å²) in [4.78, 5) is 13.0. The third-order valence-corrected chi connectivity index (χ3v) is 6.38. The number of carbonyl (C=O) groups is 1. The SMILES string of the molecule is CCOc1ccc(C(NC(=O)c2cc(S(=O)(=O)NC)ccc2Cl)C(C)C)cc1OCC. The summed E-state index contributed by atoms with van der Waals surface area (Å²) in [5.74, 6) is 0.805. The van der Waals surface area contributed by atoms with Gasteiger partial charge in [-0.1, -0.05) is 31.5 Å². The maximum atomic E-state index is 13.0. The van der Waals surface area contributed by atoms with Crippen molar-refractivity contribution >= 4 is 27.5 Å². The second kappa shape index (κ2) is 10.8. The fourth-order valence-electron chi connectivity index (χ4n) is 3.08. The van der Waals surface area contributed by atoms with Crippen LogP contribution in [-0.2, 0) is 10.0 Å². The summed E-state index contributed by atoms with van der Waals surface area (Å²) in [7, 11) is -2.40. The zero-order chi connectivity index (χ0) is 23.2. The van der Waals surface area contributed by atoms with E-state index in [0.29, 0.717) is 24.7 Å². The zero-order valence-corrected chi connectivity index (χ0v) is 19.9. The molecule has 0 aliphatic rings. The largest absolute Gasteiger partial charge is 0.490 e. The Kier molecular flexibility index (Phi) is 8.73. The lowest BCUT2D eigenvalue weighted by Gasteiger charge is -2.24. The van der Waals surface area contributed by atoms with Crippen molar-refractivity contribution in [3.05, 3.63) is 52.5 Å². The molecule has 0 fully saturated rings. The normalized spacial score (nSPS) is 12.5. The zero-order valence-electron chi connectivity index (χ0n) is 18.4. The quantitative estimate of drug-likeness (QED) is 0.545. The predicted molar refractivity (Wildman–Crippen MR) is 122 cm³/mol. The van der Waals surface area contributed by atoms with Gasteiger partial charge in [-0.25, -0.2) is 13.1 Å². The molecule has 2 aromatic carbocycles. The Labute approximate surface area is 189 Å². The van der Waals surface area contributed by atoms with Crippen LogP contribution in [0.2, 0.25) is 5.02 Å². The van der Waals surface area contributed by atoms with Crippen LogP contribution in [0.5, 0.6) is 11.5 Å². The standard InChI is InChI=1S/C22H29ClN2O5S/c1-6-29-19-11-8-15(12-20(19)30-7-2)21(14(3)4)25-22(26)17-13-16(9-10-18(17)23)31(27,28)24-5/h8-14,21,24H,6-7H2,1-5H3,(H,25,26). The number of ether oxygens (including phenoxy) is 2. The van der Waals surface area contributed by atoms with Gasteiger partial charge in [0.1, 0.15) is 0 Å². The molecule has 0 radical (unpaired) electrons. The molecule has 0 saturated heterocycles. The molecule has 0 aromatic heterocycles. The van der Waals surface area contributed by atoms with Crippen LogP contribution < -0.4 is 19.5 Å². The summed E-state index contributed by atoms with van der Waals surface area (Å²) in [6.07, 6.45) is 0. The minimum atomic E-state index is -3.71. The first-order valence-corrected chi connectivity index (χ1v) is 11.9. The van der Waals surface area contributed by atoms with Crippen molar-refractivity contribution in [3.63, 3.8) is 0 Å². The minimum Gasteiger partial charge on any atom is -0.490 e. The van der Waals surface area contributed by atoms with Gasteiger partial charge in [0, 0.05) is 0 Å². The molecule has 9 heteroatoms. The van der Waals surface area contributed by atoms with Crippen LogP contribution >= 0.6 is 11.6 Å². The van der Waals surface area contributed by atoms with Gasteiger partial charge in [0.05, 0.1) is 34.7 Å². The van der Waals surface area contributed by atoms with Crippen molar-refractivity contribution in [2.45, 2.75) is 38.6 Å². The third-order valence-electron chi connectivity index (χ3n) is 4.64. The molecule has 0 heterocycles. The molecule has 0 spiro atoms. The van der Waals surface area contributed by atoms with E-state index in [4.69, 9.17) is 21.1 Å². The van der Waals surface area contributed by atoms with Gasteiger partial charge in [0.2, 0.25) is 10.0 Å². The molecule has 0 aliphatic carbocycles. The second-order valence-electron chi connectivity index (χ2n) is 7.12. The Morgan fingerprint density at radius 2 is 1.68 bits per heavy atom. The number of amides is 1. The van der Waals surface area contributed by atoms with E-state index in [1.54, 1.807) is 0 Å². The van der Waals surface area contributed by atoms with E-state index in [-0.39, 0.29) is 27.4 Å². The molecule has 1 unspecified atom stereocenters. The summed E-state index contributed by atoms with van der Waals surface area (Å²) in [6, 6.07) is 9.21. The molecule has 31 heavy (non-hydrogen) atoms. The predicted octanol–water partition coefficient (Wildman–Crippen LogP) is 4.17. The maximum absolute atomic E-state index is 13.0. The van der Waals surface area contributed by atoms with Crippen molar-refractivity contribution in [2.24, 2.45) is 5.92 Å². The summed E-state index contributed by atoms with van der Waals surface area (Å²) < 4.78 is 37.8. The highest BCUT2D eigenvalue weighted by atomic mass is 35.5. The Morgan fingerprint density at radius 3 is 2.26 bits per heavy atom. The van der Waals surface area contributed by atoms with Crippen molar-refractivity contribution in [3.8, 4) is 11.5 Å². The number of hydrogen-bond donors (Lipinski definition) is 2. The van der Waals surface area contributed by atoms with Crippen LogP contribution in [0, 0.1) is 5.92 Å². The molecule has 0 bridgehead atoms. The van der Waals surface area contributed by atoms with Gasteiger partial charge in [-0.3, -0.25) is 4.79 Å². The number of carbonyl (C=O) groups excluding carboxylic acids is 1. The molecule has 2 N–H and O–H groups in total. The Morgan fingerprint density at radius 1 is 1.03 bits per heavy atom. The van der Waals surface area contributed by atoms with Crippen molar-refractivity contribution in [1.82, 2.24) is 10.0 Å². The van der Waals surface area contributed by atoms with Crippen LogP contribution in [0.4, 0.5) is 0 Å². The van der Waals surface area contributed by atoms with Gasteiger partial charge in [-0.2, -0.15) is 0 Å². The molecule has 2 rings (SSSR count). The van der Waals surface area contributed by atoms with E-state index in [0.717, 1.165) is 5.56 Å². The van der Waals surface area contributed by atoms with E-state index in [1.165, 1.54) is 25.2 Å². The molecule has 170 valence electrons. The molecule has 2 aromatic rings. The van der Waals surface area contributed by atoms with Gasteiger partial charge in [0.25, 0.3) is 5.91 Å². The van der Waals surface area contributed by atoms with Gasteiger partial charge >= 0.3 is 0 Å². The number of nitrogens with one attached hydrogen (secondary N) is 2. The smallest absolute Gasteiger partial charge is 0.253 e. The van der Waals surface area contributed by atoms with Gasteiger partial charge in [-0.05, 0) is 62.7 Å². The van der Waals surface area contributed by atoms with Crippen LogP contribution in [-0.4, -0.2) is 34.6 Å². The first-order valence-electron chi connectivity index (χ1n) is 10.1. The highest BCUT2D eigenvalue weighted by Crippen LogP contribution is 2.33. The molecule has 7 nitrogen and oxygen atoms in total. The lowest BCUT2D eigenvalue weighted by atomic mass is 9.95. The molecule has 1 amide bonds. The van der Waals surface area contributed by atoms with Gasteiger partial charge < -0.3 is 14.8 Å². The molecule has 0 aliphatic heterocycles. The van der Waals surface area contributed by atoms with E-state index in [1.807, 2.05) is 45.9 Å². The number of hydrogen-bond acceptors (Lipinski definition) is 5. The van der Waals surface area contributed by atoms with Crippen molar-refractivity contribution in [2.75, 3.05) is 20.3 Å². The average molecular weight is 469 g/mol. The van der Waals surface area contributed by atoms with E-state index in [2.05, 4.69) is 10.0 Å². The van der Waals surface area contributed by atoms with Crippen molar-refractivity contribution in [1.29, 1.82) is 0 Å². The van der Waals surface area contributed by atoms with Crippen LogP contribution in [0.25, 0.3) is 0 Å². The maximum Gasteiger partial charge on any atom is 0.253 e. The Bertz CT molecular complexity index is 1020. The van der Waals surface area contributed by atoms with Gasteiger partial charge in [-0.15, -0.1) is 0 Å². The van der Waals surface area contributed by atoms with Crippen LogP contribution in [0.1, 0.15) is 49.7 Å². The van der Waals surface area contributed by atoms with E-state index >= 15 is 0 Å². The lowest BCUT2D eigenvalue weighted by Crippen LogP contribution is -2.32. The minimum absolute atomic E-state index is 0.0367. The summed E-state index contributed by atoms with van der Waals surface area (Å²) >= 11 is 6.20. The van der Waals surface area contributed by atoms with Crippen LogP contribution in [0.15, 0.2) is 41.3 Å². The highest BCUT2D eigenvalue weighted by Gasteiger charge is 2.23. The lowest BCUT2D eigenvalue weighted by molar-refractivity contribution is 0.0925. The molecular formula is C22H29ClN2O5S. The summed E-state index contributed by atoms with van der Waals surface area (Å²) in [5.41, 5.74) is 0.921. The fourth-order valence-corrected chi connectivity index (χ4v) is 4.04. The average Bonchev–Trinajstić information content (AvgIpc) is 2.73. The Hall–Kier alpha value is -2.29. The first kappa shape index (κ1) is 25.0. The topological polar surface area (TPSA) is 93.7 Å².